The Labute approximate surface area is 155 Å². The number of ether oxygens (including phenoxy) is 4. The van der Waals surface area contributed by atoms with Crippen molar-refractivity contribution in [3.05, 3.63) is 0 Å². The fourth-order valence-electron chi connectivity index (χ4n) is 2.23. The van der Waals surface area contributed by atoms with Crippen molar-refractivity contribution in [1.82, 2.24) is 0 Å². The summed E-state index contributed by atoms with van der Waals surface area (Å²) in [5.74, 6) is -3.29. The Kier molecular flexibility index (Phi) is 7.60. The Bertz CT molecular complexity index is 570. The van der Waals surface area contributed by atoms with Gasteiger partial charge in [0.05, 0.1) is 12.8 Å². The van der Waals surface area contributed by atoms with Crippen LogP contribution in [0.15, 0.2) is 0 Å². The van der Waals surface area contributed by atoms with Crippen molar-refractivity contribution in [2.24, 2.45) is 0 Å². The molecule has 1 N–H and O–H groups in total. The number of thioether (sulfide) groups is 1. The number of aliphatic carboxylic acids is 1. The summed E-state index contributed by atoms with van der Waals surface area (Å²) in [5.41, 5.74) is 0. The van der Waals surface area contributed by atoms with Crippen molar-refractivity contribution >= 4 is 34.8 Å². The zero-order chi connectivity index (χ0) is 20.1. The van der Waals surface area contributed by atoms with Crippen molar-refractivity contribution in [3.63, 3.8) is 0 Å². The van der Waals surface area contributed by atoms with Crippen LogP contribution in [0.2, 0.25) is 0 Å². The first-order valence-electron chi connectivity index (χ1n) is 8.04. The third-order valence-electron chi connectivity index (χ3n) is 3.09. The summed E-state index contributed by atoms with van der Waals surface area (Å²) in [6.45, 7) is 8.32. The molecule has 0 amide bonds. The first-order chi connectivity index (χ1) is 11.8. The molecule has 0 aromatic rings. The van der Waals surface area contributed by atoms with E-state index in [-0.39, 0.29) is 18.0 Å². The molecule has 0 bridgehead atoms. The minimum absolute atomic E-state index is 0.0350. The molecular weight excluding hydrogens is 368 g/mol. The summed E-state index contributed by atoms with van der Waals surface area (Å²) in [7, 11) is 0. The van der Waals surface area contributed by atoms with Crippen LogP contribution in [-0.4, -0.2) is 57.7 Å². The fraction of sp³-hybridized carbons (Fsp3) is 0.750. The molecule has 2 saturated heterocycles. The average Bonchev–Trinajstić information content (AvgIpc) is 2.84. The molecule has 0 aromatic carbocycles. The van der Waals surface area contributed by atoms with Crippen molar-refractivity contribution < 1.29 is 43.2 Å². The molecule has 0 saturated carbocycles. The molecule has 2 atom stereocenters. The van der Waals surface area contributed by atoms with Gasteiger partial charge in [-0.15, -0.1) is 0 Å². The second-order valence-electron chi connectivity index (χ2n) is 6.46. The zero-order valence-electron chi connectivity index (χ0n) is 15.4. The molecule has 2 aliphatic heterocycles. The van der Waals surface area contributed by atoms with Crippen LogP contribution in [0, 0.1) is 0 Å². The highest BCUT2D eigenvalue weighted by atomic mass is 32.2. The van der Waals surface area contributed by atoms with Crippen LogP contribution in [0.5, 0.6) is 0 Å². The lowest BCUT2D eigenvalue weighted by molar-refractivity contribution is -0.162. The lowest BCUT2D eigenvalue weighted by Crippen LogP contribution is -2.23. The molecule has 0 aliphatic carbocycles. The van der Waals surface area contributed by atoms with Gasteiger partial charge >= 0.3 is 17.9 Å². The van der Waals surface area contributed by atoms with E-state index in [0.29, 0.717) is 5.75 Å². The number of carbonyl (C=O) groups excluding carboxylic acids is 3. The molecule has 26 heavy (non-hydrogen) atoms. The summed E-state index contributed by atoms with van der Waals surface area (Å²) in [4.78, 5) is 43.6. The molecule has 0 aromatic heterocycles. The molecule has 2 aliphatic rings. The van der Waals surface area contributed by atoms with Crippen molar-refractivity contribution in [2.45, 2.75) is 71.2 Å². The van der Waals surface area contributed by atoms with Gasteiger partial charge in [-0.05, 0) is 5.75 Å². The molecule has 0 radical (unpaired) electrons. The Morgan fingerprint density at radius 1 is 0.962 bits per heavy atom. The Hall–Kier alpha value is -1.65. The Morgan fingerprint density at radius 3 is 1.69 bits per heavy atom. The second-order valence-corrected chi connectivity index (χ2v) is 7.78. The lowest BCUT2D eigenvalue weighted by Gasteiger charge is -2.14. The highest BCUT2D eigenvalue weighted by Crippen LogP contribution is 2.27. The zero-order valence-corrected chi connectivity index (χ0v) is 16.2. The normalized spacial score (nSPS) is 25.7. The van der Waals surface area contributed by atoms with Gasteiger partial charge in [0.2, 0.25) is 11.6 Å². The van der Waals surface area contributed by atoms with E-state index in [9.17, 15) is 19.2 Å². The van der Waals surface area contributed by atoms with Crippen LogP contribution in [0.4, 0.5) is 0 Å². The highest BCUT2D eigenvalue weighted by molar-refractivity contribution is 8.13. The Morgan fingerprint density at radius 2 is 1.38 bits per heavy atom. The first-order valence-corrected chi connectivity index (χ1v) is 9.02. The number of esters is 2. The molecule has 0 spiro atoms. The van der Waals surface area contributed by atoms with Crippen molar-refractivity contribution in [2.75, 3.05) is 5.75 Å². The quantitative estimate of drug-likeness (QED) is 0.687. The van der Waals surface area contributed by atoms with Crippen LogP contribution in [0.25, 0.3) is 0 Å². The average molecular weight is 392 g/mol. The summed E-state index contributed by atoms with van der Waals surface area (Å²) in [6, 6.07) is 0. The van der Waals surface area contributed by atoms with E-state index in [1.165, 1.54) is 11.8 Å². The number of hydrogen-bond acceptors (Lipinski definition) is 9. The predicted octanol–water partition coefficient (Wildman–Crippen LogP) is 1.47. The third kappa shape index (κ3) is 7.30. The molecule has 2 rings (SSSR count). The van der Waals surface area contributed by atoms with Gasteiger partial charge in [-0.3, -0.25) is 9.59 Å². The molecule has 10 heteroatoms. The highest BCUT2D eigenvalue weighted by Gasteiger charge is 2.42. The summed E-state index contributed by atoms with van der Waals surface area (Å²) < 4.78 is 19.9. The third-order valence-corrected chi connectivity index (χ3v) is 3.87. The maximum atomic E-state index is 11.2. The van der Waals surface area contributed by atoms with Crippen LogP contribution in [0.1, 0.15) is 47.5 Å². The second kappa shape index (κ2) is 8.83. The van der Waals surface area contributed by atoms with Gasteiger partial charge < -0.3 is 24.1 Å². The number of hydrogen-bond donors (Lipinski definition) is 1. The standard InChI is InChI=1S/C9H14O4S.C7H10O5/c1-4-14-7(10)5-6-8(11)13-9(2,3)12-6;1-7(2)11-4(3-5(8)9)6(10)12-7/h6H,4-5H2,1-3H3;4H,3H2,1-2H3,(H,8,9)/t6-;4-/m11/s1. The monoisotopic (exact) mass is 392 g/mol. The van der Waals surface area contributed by atoms with E-state index < -0.39 is 41.7 Å². The van der Waals surface area contributed by atoms with Crippen molar-refractivity contribution in [1.29, 1.82) is 0 Å². The van der Waals surface area contributed by atoms with E-state index in [4.69, 9.17) is 24.1 Å². The van der Waals surface area contributed by atoms with Crippen LogP contribution in [-0.2, 0) is 38.1 Å². The minimum atomic E-state index is -1.07. The minimum Gasteiger partial charge on any atom is -0.481 e. The molecule has 9 nitrogen and oxygen atoms in total. The lowest BCUT2D eigenvalue weighted by atomic mass is 10.2. The van der Waals surface area contributed by atoms with E-state index in [0.717, 1.165) is 0 Å². The van der Waals surface area contributed by atoms with Gasteiger partial charge in [0, 0.05) is 27.7 Å². The van der Waals surface area contributed by atoms with Gasteiger partial charge in [0.25, 0.3) is 0 Å². The Balaban J connectivity index is 0.000000263. The first kappa shape index (κ1) is 22.4. The molecular formula is C16H24O9S. The number of cyclic esters (lactones) is 2. The molecule has 0 unspecified atom stereocenters. The van der Waals surface area contributed by atoms with Gasteiger partial charge in [0.15, 0.2) is 17.3 Å². The van der Waals surface area contributed by atoms with Gasteiger partial charge in [-0.1, -0.05) is 18.7 Å². The molecule has 148 valence electrons. The number of carboxylic acids is 1. The van der Waals surface area contributed by atoms with Gasteiger partial charge in [-0.2, -0.15) is 0 Å². The molecule has 2 heterocycles. The van der Waals surface area contributed by atoms with Crippen LogP contribution >= 0.6 is 11.8 Å². The largest absolute Gasteiger partial charge is 0.481 e. The topological polar surface area (TPSA) is 125 Å². The summed E-state index contributed by atoms with van der Waals surface area (Å²) in [6.07, 6.45) is -1.93. The van der Waals surface area contributed by atoms with E-state index in [2.05, 4.69) is 0 Å². The number of carbonyl (C=O) groups is 4. The van der Waals surface area contributed by atoms with E-state index >= 15 is 0 Å². The number of carboxylic acid groups (broad SMARTS) is 1. The number of rotatable bonds is 5. The maximum Gasteiger partial charge on any atom is 0.338 e. The van der Waals surface area contributed by atoms with E-state index in [1.807, 2.05) is 6.92 Å². The van der Waals surface area contributed by atoms with E-state index in [1.54, 1.807) is 27.7 Å². The summed E-state index contributed by atoms with van der Waals surface area (Å²) >= 11 is 1.19. The predicted molar refractivity (Wildman–Crippen MR) is 90.1 cm³/mol. The van der Waals surface area contributed by atoms with Gasteiger partial charge in [0.1, 0.15) is 0 Å². The SMILES string of the molecule is CC1(C)OC(=O)[C@@H](CC(=O)O)O1.CCSC(=O)C[C@H]1OC(C)(C)OC1=O. The smallest absolute Gasteiger partial charge is 0.338 e. The van der Waals surface area contributed by atoms with Gasteiger partial charge in [-0.25, -0.2) is 9.59 Å². The fourth-order valence-corrected chi connectivity index (χ4v) is 2.82. The van der Waals surface area contributed by atoms with Crippen LogP contribution < -0.4 is 0 Å². The maximum absolute atomic E-state index is 11.2. The van der Waals surface area contributed by atoms with Crippen molar-refractivity contribution in [3.8, 4) is 0 Å². The molecule has 2 fully saturated rings. The summed E-state index contributed by atoms with van der Waals surface area (Å²) in [5, 5.41) is 8.34. The van der Waals surface area contributed by atoms with Crippen LogP contribution in [0.3, 0.4) is 0 Å².